The molecule has 29 heavy (non-hydrogen) atoms. The minimum absolute atomic E-state index is 0.251. The van der Waals surface area contributed by atoms with Crippen LogP contribution in [0.25, 0.3) is 0 Å². The number of halogens is 1. The Bertz CT molecular complexity index is 1090. The number of nitrogens with zero attached hydrogens (tertiary/aromatic N) is 1. The number of hydrogen-bond acceptors (Lipinski definition) is 3. The van der Waals surface area contributed by atoms with Gasteiger partial charge >= 0.3 is 6.03 Å². The molecule has 3 aromatic rings. The van der Waals surface area contributed by atoms with E-state index >= 15 is 0 Å². The zero-order valence-corrected chi connectivity index (χ0v) is 16.4. The van der Waals surface area contributed by atoms with Crippen molar-refractivity contribution in [2.75, 3.05) is 15.7 Å². The van der Waals surface area contributed by atoms with E-state index < -0.39 is 0 Å². The first-order valence-electron chi connectivity index (χ1n) is 9.01. The molecule has 1 heterocycles. The molecule has 6 nitrogen and oxygen atoms in total. The number of para-hydroxylation sites is 1. The largest absolute Gasteiger partial charge is 0.323 e. The molecule has 146 valence electrons. The summed E-state index contributed by atoms with van der Waals surface area (Å²) in [6, 6.07) is 19.2. The van der Waals surface area contributed by atoms with Crippen LogP contribution in [0.1, 0.15) is 21.5 Å². The topological polar surface area (TPSA) is 70.7 Å². The van der Waals surface area contributed by atoms with E-state index in [2.05, 4.69) is 10.6 Å². The van der Waals surface area contributed by atoms with Crippen LogP contribution < -0.4 is 15.7 Å². The van der Waals surface area contributed by atoms with Gasteiger partial charge in [-0.3, -0.25) is 9.63 Å². The smallest absolute Gasteiger partial charge is 0.308 e. The van der Waals surface area contributed by atoms with Gasteiger partial charge in [-0.2, -0.15) is 5.06 Å². The standard InChI is InChI=1S/C22H18ClN3O3/c1-14-11-18(25-22(28)24-17-5-3-2-4-6-17)8-10-20(14)26-21(27)19-9-7-16(23)12-15(19)13-29-26/h2-12H,13H2,1H3,(H2,24,25,28). The van der Waals surface area contributed by atoms with E-state index in [1.807, 2.05) is 25.1 Å². The van der Waals surface area contributed by atoms with Crippen LogP contribution in [0.3, 0.4) is 0 Å². The van der Waals surface area contributed by atoms with Crippen LogP contribution >= 0.6 is 11.6 Å². The molecule has 0 radical (unpaired) electrons. The highest BCUT2D eigenvalue weighted by atomic mass is 35.5. The zero-order valence-electron chi connectivity index (χ0n) is 15.6. The Morgan fingerprint density at radius 1 is 1.00 bits per heavy atom. The number of amides is 3. The second-order valence-electron chi connectivity index (χ2n) is 6.62. The number of carbonyl (C=O) groups is 2. The van der Waals surface area contributed by atoms with Gasteiger partial charge in [0.2, 0.25) is 0 Å². The summed E-state index contributed by atoms with van der Waals surface area (Å²) in [6.45, 7) is 2.10. The lowest BCUT2D eigenvalue weighted by Crippen LogP contribution is -2.36. The zero-order chi connectivity index (χ0) is 20.4. The average Bonchev–Trinajstić information content (AvgIpc) is 2.69. The maximum atomic E-state index is 12.8. The monoisotopic (exact) mass is 407 g/mol. The van der Waals surface area contributed by atoms with Gasteiger partial charge in [0.25, 0.3) is 5.91 Å². The Morgan fingerprint density at radius 2 is 1.76 bits per heavy atom. The quantitative estimate of drug-likeness (QED) is 0.612. The molecule has 4 rings (SSSR count). The summed E-state index contributed by atoms with van der Waals surface area (Å²) in [5.74, 6) is -0.256. The van der Waals surface area contributed by atoms with Crippen LogP contribution in [0.2, 0.25) is 5.02 Å². The highest BCUT2D eigenvalue weighted by Crippen LogP contribution is 2.30. The molecule has 0 saturated heterocycles. The van der Waals surface area contributed by atoms with Crippen molar-refractivity contribution in [3.05, 3.63) is 88.4 Å². The van der Waals surface area contributed by atoms with Crippen molar-refractivity contribution in [1.29, 1.82) is 0 Å². The predicted molar refractivity (Wildman–Crippen MR) is 113 cm³/mol. The van der Waals surface area contributed by atoms with Crippen molar-refractivity contribution in [3.63, 3.8) is 0 Å². The first-order chi connectivity index (χ1) is 14.0. The maximum Gasteiger partial charge on any atom is 0.323 e. The minimum atomic E-state index is -0.348. The third-order valence-electron chi connectivity index (χ3n) is 4.54. The van der Waals surface area contributed by atoms with E-state index in [9.17, 15) is 9.59 Å². The third kappa shape index (κ3) is 4.08. The van der Waals surface area contributed by atoms with E-state index in [-0.39, 0.29) is 18.5 Å². The molecule has 7 heteroatoms. The summed E-state index contributed by atoms with van der Waals surface area (Å²) in [4.78, 5) is 30.7. The Hall–Kier alpha value is -3.35. The fourth-order valence-electron chi connectivity index (χ4n) is 3.15. The molecule has 0 unspecified atom stereocenters. The molecule has 0 saturated carbocycles. The number of hydroxylamine groups is 1. The Labute approximate surface area is 173 Å². The Balaban J connectivity index is 1.50. The van der Waals surface area contributed by atoms with Crippen LogP contribution in [0.5, 0.6) is 0 Å². The molecule has 1 aliphatic heterocycles. The van der Waals surface area contributed by atoms with Crippen molar-refractivity contribution >= 4 is 40.6 Å². The normalized spacial score (nSPS) is 13.0. The molecule has 0 aromatic heterocycles. The molecule has 0 atom stereocenters. The van der Waals surface area contributed by atoms with Crippen molar-refractivity contribution in [2.45, 2.75) is 13.5 Å². The number of benzene rings is 3. The van der Waals surface area contributed by atoms with Crippen LogP contribution in [-0.2, 0) is 11.4 Å². The third-order valence-corrected chi connectivity index (χ3v) is 4.77. The van der Waals surface area contributed by atoms with Gasteiger partial charge in [0.1, 0.15) is 6.61 Å². The average molecular weight is 408 g/mol. The molecule has 0 aliphatic carbocycles. The molecule has 1 aliphatic rings. The molecular weight excluding hydrogens is 390 g/mol. The van der Waals surface area contributed by atoms with Gasteiger partial charge in [0, 0.05) is 22.0 Å². The minimum Gasteiger partial charge on any atom is -0.308 e. The summed E-state index contributed by atoms with van der Waals surface area (Å²) < 4.78 is 0. The Kier molecular flexibility index (Phi) is 5.20. The van der Waals surface area contributed by atoms with Gasteiger partial charge in [0.15, 0.2) is 0 Å². The van der Waals surface area contributed by atoms with E-state index in [1.165, 1.54) is 5.06 Å². The van der Waals surface area contributed by atoms with E-state index in [4.69, 9.17) is 16.4 Å². The van der Waals surface area contributed by atoms with Crippen molar-refractivity contribution in [3.8, 4) is 0 Å². The van der Waals surface area contributed by atoms with E-state index in [0.29, 0.717) is 27.6 Å². The van der Waals surface area contributed by atoms with Crippen molar-refractivity contribution < 1.29 is 14.4 Å². The lowest BCUT2D eigenvalue weighted by atomic mass is 10.1. The lowest BCUT2D eigenvalue weighted by molar-refractivity contribution is 0.0529. The fourth-order valence-corrected chi connectivity index (χ4v) is 3.34. The SMILES string of the molecule is Cc1cc(NC(=O)Nc2ccccc2)ccc1N1OCc2cc(Cl)ccc2C1=O. The number of rotatable bonds is 3. The second kappa shape index (κ2) is 7.95. The van der Waals surface area contributed by atoms with Crippen molar-refractivity contribution in [2.24, 2.45) is 0 Å². The number of anilines is 3. The molecule has 0 spiro atoms. The predicted octanol–water partition coefficient (Wildman–Crippen LogP) is 5.38. The van der Waals surface area contributed by atoms with Gasteiger partial charge in [-0.25, -0.2) is 4.79 Å². The first-order valence-corrected chi connectivity index (χ1v) is 9.38. The summed E-state index contributed by atoms with van der Waals surface area (Å²) in [5.41, 5.74) is 4.02. The number of hydrogen-bond donors (Lipinski definition) is 2. The van der Waals surface area contributed by atoms with E-state index in [1.54, 1.807) is 48.5 Å². The van der Waals surface area contributed by atoms with Gasteiger partial charge < -0.3 is 10.6 Å². The molecular formula is C22H18ClN3O3. The van der Waals surface area contributed by atoms with Gasteiger partial charge in [0.05, 0.1) is 5.69 Å². The summed E-state index contributed by atoms with van der Waals surface area (Å²) in [7, 11) is 0. The number of aryl methyl sites for hydroxylation is 1. The highest BCUT2D eigenvalue weighted by molar-refractivity contribution is 6.30. The van der Waals surface area contributed by atoms with Gasteiger partial charge in [-0.05, 0) is 66.6 Å². The summed E-state index contributed by atoms with van der Waals surface area (Å²) in [5, 5.41) is 7.39. The molecule has 3 aromatic carbocycles. The van der Waals surface area contributed by atoms with Gasteiger partial charge in [-0.1, -0.05) is 29.8 Å². The molecule has 2 N–H and O–H groups in total. The van der Waals surface area contributed by atoms with Crippen LogP contribution in [0.4, 0.5) is 21.9 Å². The lowest BCUT2D eigenvalue weighted by Gasteiger charge is -2.29. The van der Waals surface area contributed by atoms with Crippen molar-refractivity contribution in [1.82, 2.24) is 0 Å². The molecule has 0 bridgehead atoms. The van der Waals surface area contributed by atoms with E-state index in [0.717, 1.165) is 11.1 Å². The molecule has 0 fully saturated rings. The number of urea groups is 1. The number of carbonyl (C=O) groups excluding carboxylic acids is 2. The second-order valence-corrected chi connectivity index (χ2v) is 7.06. The highest BCUT2D eigenvalue weighted by Gasteiger charge is 2.28. The maximum absolute atomic E-state index is 12.8. The van der Waals surface area contributed by atoms with Crippen LogP contribution in [0.15, 0.2) is 66.7 Å². The number of fused-ring (bicyclic) bond motifs is 1. The summed E-state index contributed by atoms with van der Waals surface area (Å²) in [6.07, 6.45) is 0. The fraction of sp³-hybridized carbons (Fsp3) is 0.0909. The van der Waals surface area contributed by atoms with Crippen LogP contribution in [0, 0.1) is 6.92 Å². The summed E-state index contributed by atoms with van der Waals surface area (Å²) >= 11 is 5.99. The molecule has 3 amide bonds. The van der Waals surface area contributed by atoms with Crippen LogP contribution in [-0.4, -0.2) is 11.9 Å². The number of nitrogens with one attached hydrogen (secondary N) is 2. The Morgan fingerprint density at radius 3 is 2.52 bits per heavy atom. The van der Waals surface area contributed by atoms with Gasteiger partial charge in [-0.15, -0.1) is 0 Å². The first kappa shape index (κ1) is 19.0.